The van der Waals surface area contributed by atoms with Crippen LogP contribution in [0.15, 0.2) is 82.0 Å². The highest BCUT2D eigenvalue weighted by Gasteiger charge is 2.35. The summed E-state index contributed by atoms with van der Waals surface area (Å²) in [5.41, 5.74) is 0.525. The highest BCUT2D eigenvalue weighted by molar-refractivity contribution is 6.21. The summed E-state index contributed by atoms with van der Waals surface area (Å²) in [6, 6.07) is 19.8. The van der Waals surface area contributed by atoms with Crippen molar-refractivity contribution in [3.05, 3.63) is 99.9 Å². The van der Waals surface area contributed by atoms with E-state index in [-0.39, 0.29) is 46.6 Å². The van der Waals surface area contributed by atoms with Crippen LogP contribution in [-0.4, -0.2) is 29.2 Å². The minimum absolute atomic E-state index is 0.0781. The zero-order valence-electron chi connectivity index (χ0n) is 18.6. The first-order valence-electron chi connectivity index (χ1n) is 10.9. The summed E-state index contributed by atoms with van der Waals surface area (Å²) in [6.45, 7) is 1.51. The topological polar surface area (TPSA) is 103 Å². The van der Waals surface area contributed by atoms with Gasteiger partial charge < -0.3 is 13.9 Å². The van der Waals surface area contributed by atoms with E-state index >= 15 is 0 Å². The lowest BCUT2D eigenvalue weighted by atomic mass is 10.1. The van der Waals surface area contributed by atoms with E-state index in [1.54, 1.807) is 55.5 Å². The number of esters is 1. The number of imide groups is 1. The molecule has 0 atom stereocenters. The Morgan fingerprint density at radius 2 is 1.51 bits per heavy atom. The Morgan fingerprint density at radius 3 is 2.20 bits per heavy atom. The van der Waals surface area contributed by atoms with Crippen molar-refractivity contribution in [2.45, 2.75) is 13.3 Å². The molecular weight excluding hydrogens is 450 g/mol. The van der Waals surface area contributed by atoms with Crippen molar-refractivity contribution in [1.82, 2.24) is 4.90 Å². The van der Waals surface area contributed by atoms with Gasteiger partial charge in [0.2, 0.25) is 11.2 Å². The largest absolute Gasteiger partial charge is 0.457 e. The van der Waals surface area contributed by atoms with E-state index in [2.05, 4.69) is 0 Å². The molecule has 0 saturated heterocycles. The molecule has 2 heterocycles. The first-order chi connectivity index (χ1) is 16.9. The number of ether oxygens (including phenoxy) is 2. The quantitative estimate of drug-likeness (QED) is 0.233. The van der Waals surface area contributed by atoms with E-state index in [1.165, 1.54) is 18.2 Å². The Balaban J connectivity index is 1.29. The number of hydrogen-bond acceptors (Lipinski definition) is 7. The fourth-order valence-corrected chi connectivity index (χ4v) is 3.88. The summed E-state index contributed by atoms with van der Waals surface area (Å²) in [7, 11) is 0. The van der Waals surface area contributed by atoms with Crippen molar-refractivity contribution in [2.24, 2.45) is 0 Å². The third kappa shape index (κ3) is 4.17. The number of hydrogen-bond donors (Lipinski definition) is 0. The molecule has 5 rings (SSSR count). The second-order valence-corrected chi connectivity index (χ2v) is 7.92. The lowest BCUT2D eigenvalue weighted by Gasteiger charge is -2.13. The van der Waals surface area contributed by atoms with Gasteiger partial charge in [0.25, 0.3) is 11.8 Å². The third-order valence-electron chi connectivity index (χ3n) is 5.60. The maximum absolute atomic E-state index is 12.9. The fraction of sp³-hybridized carbons (Fsp3) is 0.111. The number of amides is 2. The standard InChI is InChI=1S/C27H19NO7/c1-16-25(35-17-7-3-2-4-8-17)24(30)21-12-11-18(15-22(21)33-16)34-23(29)13-14-28-26(31)19-9-5-6-10-20(19)27(28)32/h2-12,15H,13-14H2,1H3. The Labute approximate surface area is 199 Å². The first-order valence-corrected chi connectivity index (χ1v) is 10.9. The van der Waals surface area contributed by atoms with E-state index in [4.69, 9.17) is 13.9 Å². The zero-order valence-corrected chi connectivity index (χ0v) is 18.6. The van der Waals surface area contributed by atoms with Crippen molar-refractivity contribution in [2.75, 3.05) is 6.54 Å². The molecule has 0 aliphatic carbocycles. The van der Waals surface area contributed by atoms with Gasteiger partial charge in [-0.1, -0.05) is 30.3 Å². The van der Waals surface area contributed by atoms with Crippen molar-refractivity contribution in [1.29, 1.82) is 0 Å². The van der Waals surface area contributed by atoms with Crippen molar-refractivity contribution in [3.8, 4) is 17.2 Å². The average molecular weight is 469 g/mol. The molecule has 0 N–H and O–H groups in total. The summed E-state index contributed by atoms with van der Waals surface area (Å²) < 4.78 is 16.8. The highest BCUT2D eigenvalue weighted by Crippen LogP contribution is 2.28. The molecule has 4 aromatic rings. The smallest absolute Gasteiger partial charge is 0.313 e. The molecule has 0 saturated carbocycles. The van der Waals surface area contributed by atoms with Crippen molar-refractivity contribution < 1.29 is 28.3 Å². The molecule has 1 aliphatic heterocycles. The van der Waals surface area contributed by atoms with Crippen LogP contribution in [0.2, 0.25) is 0 Å². The summed E-state index contributed by atoms with van der Waals surface area (Å²) in [5.74, 6) is -0.474. The molecule has 0 fully saturated rings. The Morgan fingerprint density at radius 1 is 0.857 bits per heavy atom. The maximum atomic E-state index is 12.9. The predicted octanol–water partition coefficient (Wildman–Crippen LogP) is 4.49. The molecular formula is C27H19NO7. The molecule has 174 valence electrons. The number of rotatable bonds is 6. The lowest BCUT2D eigenvalue weighted by Crippen LogP contribution is -2.32. The number of benzene rings is 3. The fourth-order valence-electron chi connectivity index (χ4n) is 3.88. The van der Waals surface area contributed by atoms with Gasteiger partial charge in [-0.2, -0.15) is 0 Å². The van der Waals surface area contributed by atoms with Gasteiger partial charge in [0.05, 0.1) is 22.9 Å². The maximum Gasteiger partial charge on any atom is 0.313 e. The lowest BCUT2D eigenvalue weighted by molar-refractivity contribution is -0.134. The molecule has 1 aliphatic rings. The van der Waals surface area contributed by atoms with Crippen LogP contribution in [0.5, 0.6) is 17.2 Å². The molecule has 1 aromatic heterocycles. The molecule has 0 unspecified atom stereocenters. The highest BCUT2D eigenvalue weighted by atomic mass is 16.5. The minimum atomic E-state index is -0.635. The van der Waals surface area contributed by atoms with Gasteiger partial charge in [0, 0.05) is 12.6 Å². The van der Waals surface area contributed by atoms with Crippen LogP contribution in [0.1, 0.15) is 32.9 Å². The number of nitrogens with zero attached hydrogens (tertiary/aromatic N) is 1. The predicted molar refractivity (Wildman–Crippen MR) is 126 cm³/mol. The Bertz CT molecular complexity index is 1500. The molecule has 0 radical (unpaired) electrons. The van der Waals surface area contributed by atoms with E-state index in [0.29, 0.717) is 16.9 Å². The normalized spacial score (nSPS) is 12.7. The molecule has 0 spiro atoms. The van der Waals surface area contributed by atoms with E-state index in [9.17, 15) is 19.2 Å². The number of carbonyl (C=O) groups is 3. The van der Waals surface area contributed by atoms with E-state index in [0.717, 1.165) is 4.90 Å². The van der Waals surface area contributed by atoms with Crippen LogP contribution < -0.4 is 14.9 Å². The summed E-state index contributed by atoms with van der Waals surface area (Å²) in [5, 5.41) is 0.271. The van der Waals surface area contributed by atoms with Gasteiger partial charge in [0.1, 0.15) is 22.8 Å². The number of carbonyl (C=O) groups excluding carboxylic acids is 3. The van der Waals surface area contributed by atoms with E-state index < -0.39 is 17.8 Å². The second-order valence-electron chi connectivity index (χ2n) is 7.92. The van der Waals surface area contributed by atoms with Crippen LogP contribution in [0.4, 0.5) is 0 Å². The van der Waals surface area contributed by atoms with Crippen LogP contribution >= 0.6 is 0 Å². The van der Waals surface area contributed by atoms with Gasteiger partial charge in [-0.25, -0.2) is 0 Å². The molecule has 2 amide bonds. The van der Waals surface area contributed by atoms with Gasteiger partial charge in [-0.05, 0) is 43.3 Å². The molecule has 8 heteroatoms. The third-order valence-corrected chi connectivity index (χ3v) is 5.60. The van der Waals surface area contributed by atoms with Crippen LogP contribution in [0, 0.1) is 6.92 Å². The van der Waals surface area contributed by atoms with Gasteiger partial charge in [-0.3, -0.25) is 24.1 Å². The summed E-state index contributed by atoms with van der Waals surface area (Å²) in [6.07, 6.45) is -0.184. The van der Waals surface area contributed by atoms with Gasteiger partial charge in [-0.15, -0.1) is 0 Å². The van der Waals surface area contributed by atoms with Crippen LogP contribution in [-0.2, 0) is 4.79 Å². The molecule has 0 bridgehead atoms. The molecule has 8 nitrogen and oxygen atoms in total. The van der Waals surface area contributed by atoms with Crippen LogP contribution in [0.25, 0.3) is 11.0 Å². The SMILES string of the molecule is Cc1oc2cc(OC(=O)CCN3C(=O)c4ccccc4C3=O)ccc2c(=O)c1Oc1ccccc1. The number of para-hydroxylation sites is 1. The zero-order chi connectivity index (χ0) is 24.5. The monoisotopic (exact) mass is 469 g/mol. The second kappa shape index (κ2) is 8.90. The van der Waals surface area contributed by atoms with Crippen LogP contribution in [0.3, 0.4) is 0 Å². The molecule has 35 heavy (non-hydrogen) atoms. The minimum Gasteiger partial charge on any atom is -0.457 e. The summed E-state index contributed by atoms with van der Waals surface area (Å²) in [4.78, 5) is 51.2. The average Bonchev–Trinajstić information content (AvgIpc) is 3.10. The van der Waals surface area contributed by atoms with Crippen molar-refractivity contribution in [3.63, 3.8) is 0 Å². The number of fused-ring (bicyclic) bond motifs is 2. The Hall–Kier alpha value is -4.72. The number of aryl methyl sites for hydroxylation is 1. The first kappa shape index (κ1) is 22.1. The van der Waals surface area contributed by atoms with Gasteiger partial charge >= 0.3 is 5.97 Å². The summed E-state index contributed by atoms with van der Waals surface area (Å²) >= 11 is 0. The Kier molecular flexibility index (Phi) is 5.62. The van der Waals surface area contributed by atoms with Crippen molar-refractivity contribution >= 4 is 28.8 Å². The van der Waals surface area contributed by atoms with E-state index in [1.807, 2.05) is 6.07 Å². The van der Waals surface area contributed by atoms with Gasteiger partial charge in [0.15, 0.2) is 0 Å². The molecule has 3 aromatic carbocycles.